The van der Waals surface area contributed by atoms with E-state index in [9.17, 15) is 8.78 Å². The van der Waals surface area contributed by atoms with E-state index in [4.69, 9.17) is 5.73 Å². The van der Waals surface area contributed by atoms with Crippen molar-refractivity contribution < 1.29 is 13.5 Å². The van der Waals surface area contributed by atoms with Crippen LogP contribution >= 0.6 is 0 Å². The standard InChI is InChI=1S/C10H13F2NO/c1-10(11,12)14-9-4-2-8(3-5-9)6-7-13/h2-5H,6-7,13H2,1H3. The molecule has 0 unspecified atom stereocenters. The minimum Gasteiger partial charge on any atom is -0.433 e. The van der Waals surface area contributed by atoms with E-state index >= 15 is 0 Å². The molecule has 14 heavy (non-hydrogen) atoms. The predicted molar refractivity (Wildman–Crippen MR) is 50.4 cm³/mol. The molecule has 0 atom stereocenters. The monoisotopic (exact) mass is 201 g/mol. The Balaban J connectivity index is 2.64. The number of hydrogen-bond donors (Lipinski definition) is 1. The highest BCUT2D eigenvalue weighted by Gasteiger charge is 2.22. The van der Waals surface area contributed by atoms with Gasteiger partial charge in [0.25, 0.3) is 0 Å². The zero-order chi connectivity index (χ0) is 10.6. The van der Waals surface area contributed by atoms with Crippen molar-refractivity contribution in [3.05, 3.63) is 29.8 Å². The van der Waals surface area contributed by atoms with Gasteiger partial charge in [-0.2, -0.15) is 8.78 Å². The van der Waals surface area contributed by atoms with Crippen molar-refractivity contribution >= 4 is 0 Å². The number of halogens is 2. The molecule has 0 heterocycles. The zero-order valence-electron chi connectivity index (χ0n) is 7.97. The lowest BCUT2D eigenvalue weighted by molar-refractivity contribution is -0.158. The molecule has 2 N–H and O–H groups in total. The molecule has 0 aromatic heterocycles. The van der Waals surface area contributed by atoms with Gasteiger partial charge in [0.15, 0.2) is 0 Å². The van der Waals surface area contributed by atoms with Gasteiger partial charge >= 0.3 is 6.11 Å². The summed E-state index contributed by atoms with van der Waals surface area (Å²) in [7, 11) is 0. The van der Waals surface area contributed by atoms with Crippen molar-refractivity contribution in [3.63, 3.8) is 0 Å². The van der Waals surface area contributed by atoms with E-state index < -0.39 is 6.11 Å². The molecule has 0 saturated carbocycles. The molecule has 0 fully saturated rings. The van der Waals surface area contributed by atoms with Gasteiger partial charge in [-0.3, -0.25) is 0 Å². The zero-order valence-corrected chi connectivity index (χ0v) is 7.97. The second-order valence-electron chi connectivity index (χ2n) is 3.09. The molecule has 0 saturated heterocycles. The first-order valence-corrected chi connectivity index (χ1v) is 4.37. The summed E-state index contributed by atoms with van der Waals surface area (Å²) in [6, 6.07) is 6.49. The summed E-state index contributed by atoms with van der Waals surface area (Å²) in [5, 5.41) is 0. The lowest BCUT2D eigenvalue weighted by atomic mass is 10.1. The third-order valence-electron chi connectivity index (χ3n) is 1.65. The van der Waals surface area contributed by atoms with Crippen LogP contribution in [0.25, 0.3) is 0 Å². The van der Waals surface area contributed by atoms with Crippen LogP contribution in [0.4, 0.5) is 8.78 Å². The molecule has 2 nitrogen and oxygen atoms in total. The average Bonchev–Trinajstić information content (AvgIpc) is 2.06. The Morgan fingerprint density at radius 3 is 2.29 bits per heavy atom. The van der Waals surface area contributed by atoms with Crippen LogP contribution in [-0.4, -0.2) is 12.7 Å². The van der Waals surface area contributed by atoms with Crippen molar-refractivity contribution in [1.29, 1.82) is 0 Å². The predicted octanol–water partition coefficient (Wildman–Crippen LogP) is 2.18. The summed E-state index contributed by atoms with van der Waals surface area (Å²) < 4.78 is 29.2. The Kier molecular flexibility index (Phi) is 3.41. The second-order valence-corrected chi connectivity index (χ2v) is 3.09. The van der Waals surface area contributed by atoms with Crippen LogP contribution in [0.2, 0.25) is 0 Å². The molecule has 1 aromatic rings. The molecule has 0 aliphatic rings. The number of hydrogen-bond acceptors (Lipinski definition) is 2. The summed E-state index contributed by atoms with van der Waals surface area (Å²) in [6.07, 6.45) is -2.39. The molecule has 0 aliphatic carbocycles. The number of alkyl halides is 2. The van der Waals surface area contributed by atoms with Crippen LogP contribution in [0.5, 0.6) is 5.75 Å². The van der Waals surface area contributed by atoms with Gasteiger partial charge in [-0.1, -0.05) is 12.1 Å². The first-order valence-electron chi connectivity index (χ1n) is 4.37. The third kappa shape index (κ3) is 3.70. The maximum Gasteiger partial charge on any atom is 0.394 e. The highest BCUT2D eigenvalue weighted by Crippen LogP contribution is 2.21. The molecule has 78 valence electrons. The minimum absolute atomic E-state index is 0.165. The van der Waals surface area contributed by atoms with Gasteiger partial charge in [-0.25, -0.2) is 0 Å². The van der Waals surface area contributed by atoms with E-state index in [-0.39, 0.29) is 5.75 Å². The van der Waals surface area contributed by atoms with Gasteiger partial charge in [0, 0.05) is 6.92 Å². The highest BCUT2D eigenvalue weighted by atomic mass is 19.3. The molecule has 0 spiro atoms. The number of rotatable bonds is 4. The topological polar surface area (TPSA) is 35.2 Å². The van der Waals surface area contributed by atoms with Crippen LogP contribution in [0.15, 0.2) is 24.3 Å². The van der Waals surface area contributed by atoms with Gasteiger partial charge < -0.3 is 10.5 Å². The number of ether oxygens (including phenoxy) is 1. The molecule has 0 aliphatic heterocycles. The molecular weight excluding hydrogens is 188 g/mol. The van der Waals surface area contributed by atoms with Crippen LogP contribution in [-0.2, 0) is 6.42 Å². The normalized spacial score (nSPS) is 11.4. The molecule has 0 bridgehead atoms. The van der Waals surface area contributed by atoms with Gasteiger partial charge in [0.2, 0.25) is 0 Å². The van der Waals surface area contributed by atoms with Crippen molar-refractivity contribution in [2.45, 2.75) is 19.5 Å². The van der Waals surface area contributed by atoms with E-state index in [1.165, 1.54) is 12.1 Å². The lowest BCUT2D eigenvalue weighted by Gasteiger charge is -2.12. The maximum absolute atomic E-state index is 12.4. The Morgan fingerprint density at radius 2 is 1.86 bits per heavy atom. The summed E-state index contributed by atoms with van der Waals surface area (Å²) in [5.41, 5.74) is 6.36. The summed E-state index contributed by atoms with van der Waals surface area (Å²) in [4.78, 5) is 0. The van der Waals surface area contributed by atoms with E-state index in [1.54, 1.807) is 12.1 Å². The summed E-state index contributed by atoms with van der Waals surface area (Å²) in [6.45, 7) is 1.25. The first kappa shape index (κ1) is 10.9. The largest absolute Gasteiger partial charge is 0.433 e. The van der Waals surface area contributed by atoms with E-state index in [2.05, 4.69) is 4.74 Å². The SMILES string of the molecule is CC(F)(F)Oc1ccc(CCN)cc1. The fraction of sp³-hybridized carbons (Fsp3) is 0.400. The smallest absolute Gasteiger partial charge is 0.394 e. The van der Waals surface area contributed by atoms with Crippen LogP contribution in [0, 0.1) is 0 Å². The van der Waals surface area contributed by atoms with E-state index in [1.807, 2.05) is 0 Å². The Labute approximate surface area is 81.7 Å². The van der Waals surface area contributed by atoms with Crippen molar-refractivity contribution in [3.8, 4) is 5.75 Å². The van der Waals surface area contributed by atoms with Gasteiger partial charge in [-0.05, 0) is 30.7 Å². The first-order chi connectivity index (χ1) is 6.51. The van der Waals surface area contributed by atoms with Crippen molar-refractivity contribution in [1.82, 2.24) is 0 Å². The van der Waals surface area contributed by atoms with Crippen molar-refractivity contribution in [2.24, 2.45) is 5.73 Å². The molecule has 1 aromatic carbocycles. The Hall–Kier alpha value is -1.16. The molecular formula is C10H13F2NO. The Bertz CT molecular complexity index is 279. The molecule has 0 amide bonds. The van der Waals surface area contributed by atoms with Crippen molar-refractivity contribution in [2.75, 3.05) is 6.54 Å². The van der Waals surface area contributed by atoms with E-state index in [0.29, 0.717) is 13.5 Å². The average molecular weight is 201 g/mol. The Morgan fingerprint density at radius 1 is 1.29 bits per heavy atom. The maximum atomic E-state index is 12.4. The summed E-state index contributed by atoms with van der Waals surface area (Å²) in [5.74, 6) is 0.165. The van der Waals surface area contributed by atoms with Crippen LogP contribution < -0.4 is 10.5 Å². The molecule has 0 radical (unpaired) electrons. The second kappa shape index (κ2) is 4.37. The van der Waals surface area contributed by atoms with Gasteiger partial charge in [-0.15, -0.1) is 0 Å². The molecule has 4 heteroatoms. The van der Waals surface area contributed by atoms with Crippen LogP contribution in [0.1, 0.15) is 12.5 Å². The van der Waals surface area contributed by atoms with Gasteiger partial charge in [0.05, 0.1) is 0 Å². The third-order valence-corrected chi connectivity index (χ3v) is 1.65. The highest BCUT2D eigenvalue weighted by molar-refractivity contribution is 5.27. The van der Waals surface area contributed by atoms with Gasteiger partial charge in [0.1, 0.15) is 5.75 Å². The quantitative estimate of drug-likeness (QED) is 0.810. The fourth-order valence-electron chi connectivity index (χ4n) is 1.10. The number of benzene rings is 1. The lowest BCUT2D eigenvalue weighted by Crippen LogP contribution is -2.19. The van der Waals surface area contributed by atoms with E-state index in [0.717, 1.165) is 12.0 Å². The fourth-order valence-corrected chi connectivity index (χ4v) is 1.10. The molecule has 1 rings (SSSR count). The summed E-state index contributed by atoms with van der Waals surface area (Å²) >= 11 is 0. The number of nitrogens with two attached hydrogens (primary N) is 1. The van der Waals surface area contributed by atoms with Crippen LogP contribution in [0.3, 0.4) is 0 Å². The minimum atomic E-state index is -3.13.